The molecule has 0 aliphatic rings. The summed E-state index contributed by atoms with van der Waals surface area (Å²) < 4.78 is 60.9. The zero-order valence-corrected chi connectivity index (χ0v) is 26.6. The van der Waals surface area contributed by atoms with Crippen LogP contribution in [-0.4, -0.2) is 76.4 Å². The van der Waals surface area contributed by atoms with Crippen molar-refractivity contribution in [3.05, 3.63) is 76.1 Å². The van der Waals surface area contributed by atoms with Crippen molar-refractivity contribution in [1.29, 1.82) is 0 Å². The molecule has 2 aromatic carbocycles. The van der Waals surface area contributed by atoms with E-state index in [-0.39, 0.29) is 67.4 Å². The van der Waals surface area contributed by atoms with Crippen LogP contribution >= 0.6 is 0 Å². The van der Waals surface area contributed by atoms with Gasteiger partial charge in [-0.3, -0.25) is 4.72 Å². The molecule has 0 saturated heterocycles. The lowest BCUT2D eigenvalue weighted by Crippen LogP contribution is -2.18. The van der Waals surface area contributed by atoms with Gasteiger partial charge in [-0.25, -0.2) is 18.2 Å². The fraction of sp³-hybridized carbons (Fsp3) is 0.414. The number of methoxy groups -OCH3 is 1. The third-order valence-corrected chi connectivity index (χ3v) is 7.23. The van der Waals surface area contributed by atoms with Gasteiger partial charge in [-0.05, 0) is 40.8 Å². The molecule has 3 rings (SSSR count). The van der Waals surface area contributed by atoms with Gasteiger partial charge < -0.3 is 33.3 Å². The Bertz CT molecular complexity index is 1550. The summed E-state index contributed by atoms with van der Waals surface area (Å²) in [6.45, 7) is 5.41. The van der Waals surface area contributed by atoms with Gasteiger partial charge in [-0.15, -0.1) is 10.1 Å². The number of rotatable bonds is 18. The maximum atomic E-state index is 13.3. The molecule has 17 heteroatoms. The molecule has 0 aliphatic heterocycles. The standard InChI is InChI=1S/C29H36N4O12S/c1-29(2,3)22-8-10-24(11-9-22)46(37,38)32-26-25(45-23-7-5-6-21(18-23)19-39-4)27(31-20-30-26)41-15-16-43-28(34)42-14-12-40-13-17-44-33(35)36/h5-11,18,20H,12-17,19H2,1-4H3,(H,30,31,32). The van der Waals surface area contributed by atoms with E-state index in [9.17, 15) is 23.3 Å². The van der Waals surface area contributed by atoms with E-state index in [4.69, 9.17) is 28.4 Å². The van der Waals surface area contributed by atoms with Crippen LogP contribution in [0.2, 0.25) is 0 Å². The molecule has 250 valence electrons. The summed E-state index contributed by atoms with van der Waals surface area (Å²) in [4.78, 5) is 34.2. The molecule has 0 radical (unpaired) electrons. The number of hydrogen-bond acceptors (Lipinski definition) is 14. The van der Waals surface area contributed by atoms with Gasteiger partial charge in [-0.1, -0.05) is 45.0 Å². The number of benzene rings is 2. The second-order valence-corrected chi connectivity index (χ2v) is 12.1. The maximum absolute atomic E-state index is 13.3. The average Bonchev–Trinajstić information content (AvgIpc) is 3.00. The summed E-state index contributed by atoms with van der Waals surface area (Å²) >= 11 is 0. The first-order valence-electron chi connectivity index (χ1n) is 13.9. The first-order chi connectivity index (χ1) is 21.9. The normalized spacial score (nSPS) is 11.4. The van der Waals surface area contributed by atoms with E-state index < -0.39 is 21.3 Å². The van der Waals surface area contributed by atoms with Crippen molar-refractivity contribution in [1.82, 2.24) is 9.97 Å². The van der Waals surface area contributed by atoms with E-state index in [0.29, 0.717) is 12.4 Å². The highest BCUT2D eigenvalue weighted by atomic mass is 32.2. The van der Waals surface area contributed by atoms with Gasteiger partial charge in [0, 0.05) is 7.11 Å². The second-order valence-electron chi connectivity index (χ2n) is 10.4. The van der Waals surface area contributed by atoms with Crippen LogP contribution in [0.25, 0.3) is 0 Å². The molecule has 0 spiro atoms. The average molecular weight is 665 g/mol. The molecule has 0 aliphatic carbocycles. The number of nitrogens with one attached hydrogen (secondary N) is 1. The number of carbonyl (C=O) groups is 1. The summed E-state index contributed by atoms with van der Waals surface area (Å²) in [7, 11) is -2.56. The molecule has 3 aromatic rings. The summed E-state index contributed by atoms with van der Waals surface area (Å²) in [5.41, 5.74) is 1.59. The van der Waals surface area contributed by atoms with Gasteiger partial charge in [0.05, 0.1) is 24.7 Å². The van der Waals surface area contributed by atoms with Crippen LogP contribution in [0.5, 0.6) is 17.4 Å². The molecule has 1 heterocycles. The Balaban J connectivity index is 1.69. The first kappa shape index (κ1) is 35.7. The molecule has 0 unspecified atom stereocenters. The minimum atomic E-state index is -4.11. The molecule has 0 atom stereocenters. The molecular formula is C29H36N4O12S. The van der Waals surface area contributed by atoms with Crippen molar-refractivity contribution in [3.63, 3.8) is 0 Å². The van der Waals surface area contributed by atoms with E-state index >= 15 is 0 Å². The fourth-order valence-electron chi connectivity index (χ4n) is 3.69. The molecule has 1 N–H and O–H groups in total. The van der Waals surface area contributed by atoms with Crippen molar-refractivity contribution < 1.29 is 51.6 Å². The third kappa shape index (κ3) is 11.6. The van der Waals surface area contributed by atoms with Crippen LogP contribution in [0.3, 0.4) is 0 Å². The van der Waals surface area contributed by atoms with Crippen molar-refractivity contribution >= 4 is 22.0 Å². The Morgan fingerprint density at radius 1 is 0.957 bits per heavy atom. The molecule has 0 saturated carbocycles. The van der Waals surface area contributed by atoms with Gasteiger partial charge >= 0.3 is 6.16 Å². The van der Waals surface area contributed by atoms with E-state index in [1.54, 1.807) is 37.4 Å². The highest BCUT2D eigenvalue weighted by molar-refractivity contribution is 7.92. The largest absolute Gasteiger partial charge is 0.508 e. The van der Waals surface area contributed by atoms with E-state index in [1.807, 2.05) is 26.8 Å². The Morgan fingerprint density at radius 2 is 1.65 bits per heavy atom. The van der Waals surface area contributed by atoms with Gasteiger partial charge in [0.15, 0.2) is 5.82 Å². The summed E-state index contributed by atoms with van der Waals surface area (Å²) in [5, 5.41) is 9.13. The third-order valence-electron chi connectivity index (χ3n) is 5.88. The lowest BCUT2D eigenvalue weighted by atomic mass is 9.87. The Labute approximate surface area is 266 Å². The van der Waals surface area contributed by atoms with E-state index in [0.717, 1.165) is 17.5 Å². The molecular weight excluding hydrogens is 628 g/mol. The number of anilines is 1. The number of hydrogen-bond donors (Lipinski definition) is 1. The summed E-state index contributed by atoms with van der Waals surface area (Å²) in [5.74, 6) is -0.120. The summed E-state index contributed by atoms with van der Waals surface area (Å²) in [6, 6.07) is 13.4. The number of nitrogens with zero attached hydrogens (tertiary/aromatic N) is 3. The van der Waals surface area contributed by atoms with Gasteiger partial charge in [0.2, 0.25) is 5.75 Å². The topological polar surface area (TPSA) is 197 Å². The SMILES string of the molecule is COCc1cccc(Oc2c(NS(=O)(=O)c3ccc(C(C)(C)C)cc3)ncnc2OCCOC(=O)OCCOCCO[N+](=O)[O-])c1. The zero-order valence-electron chi connectivity index (χ0n) is 25.8. The van der Waals surface area contributed by atoms with E-state index in [2.05, 4.69) is 19.5 Å². The molecule has 0 bridgehead atoms. The molecule has 0 fully saturated rings. The monoisotopic (exact) mass is 664 g/mol. The molecule has 1 aromatic heterocycles. The van der Waals surface area contributed by atoms with Crippen molar-refractivity contribution in [3.8, 4) is 17.4 Å². The molecule has 46 heavy (non-hydrogen) atoms. The smallest absolute Gasteiger partial charge is 0.471 e. The van der Waals surface area contributed by atoms with Crippen molar-refractivity contribution in [2.75, 3.05) is 51.5 Å². The van der Waals surface area contributed by atoms with Gasteiger partial charge in [-0.2, -0.15) is 4.98 Å². The number of sulfonamides is 1. The Hall–Kier alpha value is -4.74. The number of aromatic nitrogens is 2. The lowest BCUT2D eigenvalue weighted by Gasteiger charge is -2.19. The minimum absolute atomic E-state index is 0.0110. The van der Waals surface area contributed by atoms with Crippen LogP contribution < -0.4 is 14.2 Å². The fourth-order valence-corrected chi connectivity index (χ4v) is 4.70. The second kappa shape index (κ2) is 17.1. The zero-order chi connectivity index (χ0) is 33.6. The van der Waals surface area contributed by atoms with Gasteiger partial charge in [0.25, 0.3) is 21.0 Å². The van der Waals surface area contributed by atoms with Gasteiger partial charge in [0.1, 0.15) is 38.5 Å². The highest BCUT2D eigenvalue weighted by Gasteiger charge is 2.23. The number of ether oxygens (including phenoxy) is 6. The quantitative estimate of drug-likeness (QED) is 0.0875. The van der Waals surface area contributed by atoms with Crippen LogP contribution in [0.4, 0.5) is 10.6 Å². The Morgan fingerprint density at radius 3 is 2.33 bits per heavy atom. The van der Waals surface area contributed by atoms with Crippen LogP contribution in [0.1, 0.15) is 31.9 Å². The van der Waals surface area contributed by atoms with Crippen LogP contribution in [0.15, 0.2) is 59.8 Å². The minimum Gasteiger partial charge on any atom is -0.471 e. The van der Waals surface area contributed by atoms with Crippen molar-refractivity contribution in [2.24, 2.45) is 0 Å². The van der Waals surface area contributed by atoms with Crippen molar-refractivity contribution in [2.45, 2.75) is 37.7 Å². The Kier molecular flexibility index (Phi) is 13.3. The highest BCUT2D eigenvalue weighted by Crippen LogP contribution is 2.37. The predicted octanol–water partition coefficient (Wildman–Crippen LogP) is 4.27. The number of carbonyl (C=O) groups excluding carboxylic acids is 1. The molecule has 0 amide bonds. The lowest BCUT2D eigenvalue weighted by molar-refractivity contribution is -0.758. The summed E-state index contributed by atoms with van der Waals surface area (Å²) in [6.07, 6.45) is 0.0874. The van der Waals surface area contributed by atoms with Crippen LogP contribution in [0, 0.1) is 10.1 Å². The van der Waals surface area contributed by atoms with Crippen LogP contribution in [-0.2, 0) is 45.8 Å². The maximum Gasteiger partial charge on any atom is 0.508 e. The molecule has 16 nitrogen and oxygen atoms in total. The predicted molar refractivity (Wildman–Crippen MR) is 162 cm³/mol. The van der Waals surface area contributed by atoms with E-state index in [1.165, 1.54) is 12.1 Å². The first-order valence-corrected chi connectivity index (χ1v) is 15.4.